The zero-order valence-electron chi connectivity index (χ0n) is 11.8. The van der Waals surface area contributed by atoms with Gasteiger partial charge in [-0.3, -0.25) is 9.88 Å². The van der Waals surface area contributed by atoms with E-state index in [0.29, 0.717) is 6.10 Å². The molecule has 0 amide bonds. The zero-order valence-corrected chi connectivity index (χ0v) is 11.8. The van der Waals surface area contributed by atoms with Crippen molar-refractivity contribution < 1.29 is 4.74 Å². The Bertz CT molecular complexity index is 339. The highest BCUT2D eigenvalue weighted by atomic mass is 16.5. The third-order valence-corrected chi connectivity index (χ3v) is 3.65. The molecule has 4 nitrogen and oxygen atoms in total. The van der Waals surface area contributed by atoms with Crippen LogP contribution in [0.4, 0.5) is 0 Å². The third-order valence-electron chi connectivity index (χ3n) is 3.65. The Hall–Kier alpha value is -0.970. The summed E-state index contributed by atoms with van der Waals surface area (Å²) in [7, 11) is 0. The lowest BCUT2D eigenvalue weighted by atomic mass is 10.1. The molecule has 1 N–H and O–H groups in total. The van der Waals surface area contributed by atoms with Gasteiger partial charge in [0.25, 0.3) is 0 Å². The second-order valence-corrected chi connectivity index (χ2v) is 5.04. The van der Waals surface area contributed by atoms with Crippen LogP contribution in [0.5, 0.6) is 0 Å². The van der Waals surface area contributed by atoms with E-state index in [1.54, 1.807) is 0 Å². The van der Waals surface area contributed by atoms with Crippen LogP contribution in [-0.2, 0) is 11.3 Å². The van der Waals surface area contributed by atoms with Crippen LogP contribution in [0, 0.1) is 0 Å². The molecule has 0 bridgehead atoms. The Morgan fingerprint density at radius 3 is 2.74 bits per heavy atom. The van der Waals surface area contributed by atoms with Gasteiger partial charge in [0.1, 0.15) is 0 Å². The standard InChI is InChI=1S/C15H25N3O/c1-2-18(13-14-3-7-16-8-4-14)11-12-19-15-5-9-17-10-6-15/h3-4,7-8,15,17H,2,5-6,9-13H2,1H3. The second-order valence-electron chi connectivity index (χ2n) is 5.04. The average Bonchev–Trinajstić information content (AvgIpc) is 2.48. The van der Waals surface area contributed by atoms with Gasteiger partial charge in [-0.15, -0.1) is 0 Å². The van der Waals surface area contributed by atoms with Crippen molar-refractivity contribution in [1.82, 2.24) is 15.2 Å². The molecule has 4 heteroatoms. The topological polar surface area (TPSA) is 37.4 Å². The highest BCUT2D eigenvalue weighted by Crippen LogP contribution is 2.08. The molecule has 19 heavy (non-hydrogen) atoms. The molecule has 2 rings (SSSR count). The van der Waals surface area contributed by atoms with E-state index >= 15 is 0 Å². The minimum atomic E-state index is 0.459. The van der Waals surface area contributed by atoms with Gasteiger partial charge in [-0.05, 0) is 50.2 Å². The van der Waals surface area contributed by atoms with Gasteiger partial charge in [0.2, 0.25) is 0 Å². The van der Waals surface area contributed by atoms with Crippen LogP contribution in [0.15, 0.2) is 24.5 Å². The molecule has 0 aromatic carbocycles. The summed E-state index contributed by atoms with van der Waals surface area (Å²) >= 11 is 0. The summed E-state index contributed by atoms with van der Waals surface area (Å²) in [4.78, 5) is 6.47. The molecule has 1 aromatic heterocycles. The molecule has 0 spiro atoms. The zero-order chi connectivity index (χ0) is 13.3. The highest BCUT2D eigenvalue weighted by molar-refractivity contribution is 5.09. The first-order valence-electron chi connectivity index (χ1n) is 7.32. The molecule has 1 aromatic rings. The monoisotopic (exact) mass is 263 g/mol. The number of rotatable bonds is 7. The van der Waals surface area contributed by atoms with Crippen molar-refractivity contribution in [2.45, 2.75) is 32.4 Å². The summed E-state index contributed by atoms with van der Waals surface area (Å²) in [6.45, 7) is 8.27. The van der Waals surface area contributed by atoms with Gasteiger partial charge >= 0.3 is 0 Å². The number of hydrogen-bond donors (Lipinski definition) is 1. The van der Waals surface area contributed by atoms with Gasteiger partial charge in [0.05, 0.1) is 12.7 Å². The van der Waals surface area contributed by atoms with Gasteiger partial charge in [0, 0.05) is 25.5 Å². The minimum Gasteiger partial charge on any atom is -0.377 e. The van der Waals surface area contributed by atoms with Crippen LogP contribution in [0.25, 0.3) is 0 Å². The highest BCUT2D eigenvalue weighted by Gasteiger charge is 2.13. The summed E-state index contributed by atoms with van der Waals surface area (Å²) < 4.78 is 5.96. The summed E-state index contributed by atoms with van der Waals surface area (Å²) in [6, 6.07) is 4.16. The van der Waals surface area contributed by atoms with Gasteiger partial charge in [0.15, 0.2) is 0 Å². The number of hydrogen-bond acceptors (Lipinski definition) is 4. The first kappa shape index (κ1) is 14.4. The molecule has 1 aliphatic heterocycles. The Balaban J connectivity index is 1.67. The fourth-order valence-electron chi connectivity index (χ4n) is 2.41. The van der Waals surface area contributed by atoms with Crippen LogP contribution in [0.3, 0.4) is 0 Å². The molecule has 106 valence electrons. The van der Waals surface area contributed by atoms with E-state index in [4.69, 9.17) is 4.74 Å². The van der Waals surface area contributed by atoms with Crippen LogP contribution >= 0.6 is 0 Å². The van der Waals surface area contributed by atoms with Crippen molar-refractivity contribution in [3.63, 3.8) is 0 Å². The van der Waals surface area contributed by atoms with Crippen LogP contribution in [0.1, 0.15) is 25.3 Å². The van der Waals surface area contributed by atoms with E-state index in [-0.39, 0.29) is 0 Å². The maximum Gasteiger partial charge on any atom is 0.0600 e. The fourth-order valence-corrected chi connectivity index (χ4v) is 2.41. The number of piperidine rings is 1. The average molecular weight is 263 g/mol. The molecule has 0 saturated carbocycles. The van der Waals surface area contributed by atoms with Crippen molar-refractivity contribution in [3.8, 4) is 0 Å². The number of nitrogens with one attached hydrogen (secondary N) is 1. The van der Waals surface area contributed by atoms with Crippen LogP contribution in [-0.4, -0.2) is 48.8 Å². The molecule has 0 aliphatic carbocycles. The minimum absolute atomic E-state index is 0.459. The summed E-state index contributed by atoms with van der Waals surface area (Å²) in [5.74, 6) is 0. The van der Waals surface area contributed by atoms with E-state index in [1.807, 2.05) is 12.4 Å². The van der Waals surface area contributed by atoms with Crippen LogP contribution < -0.4 is 5.32 Å². The van der Waals surface area contributed by atoms with E-state index < -0.39 is 0 Å². The van der Waals surface area contributed by atoms with Crippen LogP contribution in [0.2, 0.25) is 0 Å². The van der Waals surface area contributed by atoms with Gasteiger partial charge in [-0.2, -0.15) is 0 Å². The maximum absolute atomic E-state index is 5.96. The Morgan fingerprint density at radius 2 is 2.05 bits per heavy atom. The Morgan fingerprint density at radius 1 is 1.32 bits per heavy atom. The largest absolute Gasteiger partial charge is 0.377 e. The molecular weight excluding hydrogens is 238 g/mol. The Labute approximate surface area is 116 Å². The Kier molecular flexibility index (Phi) is 6.27. The van der Waals surface area contributed by atoms with Crippen molar-refractivity contribution in [3.05, 3.63) is 30.1 Å². The molecule has 0 unspecified atom stereocenters. The van der Waals surface area contributed by atoms with Crippen molar-refractivity contribution >= 4 is 0 Å². The van der Waals surface area contributed by atoms with Crippen molar-refractivity contribution in [1.29, 1.82) is 0 Å². The smallest absolute Gasteiger partial charge is 0.0600 e. The first-order chi connectivity index (χ1) is 9.38. The SMILES string of the molecule is CCN(CCOC1CCNCC1)Cc1ccncc1. The second kappa shape index (κ2) is 8.25. The number of aromatic nitrogens is 1. The third kappa shape index (κ3) is 5.27. The summed E-state index contributed by atoms with van der Waals surface area (Å²) in [5.41, 5.74) is 1.32. The fraction of sp³-hybridized carbons (Fsp3) is 0.667. The predicted octanol–water partition coefficient (Wildman–Crippen LogP) is 1.67. The molecule has 0 atom stereocenters. The number of ether oxygens (including phenoxy) is 1. The lowest BCUT2D eigenvalue weighted by Gasteiger charge is -2.25. The summed E-state index contributed by atoms with van der Waals surface area (Å²) in [5, 5.41) is 3.36. The quantitative estimate of drug-likeness (QED) is 0.812. The van der Waals surface area contributed by atoms with Gasteiger partial charge in [-0.25, -0.2) is 0 Å². The van der Waals surface area contributed by atoms with Gasteiger partial charge in [-0.1, -0.05) is 6.92 Å². The van der Waals surface area contributed by atoms with Crippen molar-refractivity contribution in [2.75, 3.05) is 32.8 Å². The molecule has 1 saturated heterocycles. The molecular formula is C15H25N3O. The summed E-state index contributed by atoms with van der Waals surface area (Å²) in [6.07, 6.45) is 6.47. The number of nitrogens with zero attached hydrogens (tertiary/aromatic N) is 2. The van der Waals surface area contributed by atoms with E-state index in [2.05, 4.69) is 34.3 Å². The number of pyridine rings is 1. The molecule has 2 heterocycles. The first-order valence-corrected chi connectivity index (χ1v) is 7.32. The van der Waals surface area contributed by atoms with E-state index in [0.717, 1.165) is 52.2 Å². The van der Waals surface area contributed by atoms with E-state index in [9.17, 15) is 0 Å². The maximum atomic E-state index is 5.96. The van der Waals surface area contributed by atoms with E-state index in [1.165, 1.54) is 5.56 Å². The lowest BCUT2D eigenvalue weighted by molar-refractivity contribution is 0.0197. The molecule has 1 aliphatic rings. The lowest BCUT2D eigenvalue weighted by Crippen LogP contribution is -2.34. The molecule has 1 fully saturated rings. The normalized spacial score (nSPS) is 16.9. The predicted molar refractivity (Wildman–Crippen MR) is 77.0 cm³/mol. The molecule has 0 radical (unpaired) electrons. The van der Waals surface area contributed by atoms with Crippen molar-refractivity contribution in [2.24, 2.45) is 0 Å². The van der Waals surface area contributed by atoms with Gasteiger partial charge < -0.3 is 10.1 Å². The number of likely N-dealkylation sites (N-methyl/N-ethyl adjacent to an activating group) is 1.